The van der Waals surface area contributed by atoms with Crippen LogP contribution >= 0.6 is 0 Å². The quantitative estimate of drug-likeness (QED) is 0.634. The van der Waals surface area contributed by atoms with E-state index in [9.17, 15) is 4.79 Å². The van der Waals surface area contributed by atoms with Gasteiger partial charge >= 0.3 is 5.97 Å². The Bertz CT molecular complexity index is 921. The van der Waals surface area contributed by atoms with E-state index < -0.39 is 5.97 Å². The predicted molar refractivity (Wildman–Crippen MR) is 94.8 cm³/mol. The number of carbonyl (C=O) groups is 1. The van der Waals surface area contributed by atoms with Crippen molar-refractivity contribution in [1.82, 2.24) is 15.0 Å². The lowest BCUT2D eigenvalue weighted by Gasteiger charge is -2.09. The molecule has 2 aromatic carbocycles. The first-order valence-corrected chi connectivity index (χ1v) is 7.99. The Labute approximate surface area is 151 Å². The fourth-order valence-electron chi connectivity index (χ4n) is 2.53. The monoisotopic (exact) mass is 353 g/mol. The Morgan fingerprint density at radius 2 is 1.88 bits per heavy atom. The van der Waals surface area contributed by atoms with Gasteiger partial charge in [-0.25, -0.2) is 9.48 Å². The van der Waals surface area contributed by atoms with Crippen LogP contribution in [0.2, 0.25) is 0 Å². The number of aromatic nitrogens is 3. The summed E-state index contributed by atoms with van der Waals surface area (Å²) in [5.41, 5.74) is 2.27. The van der Waals surface area contributed by atoms with Crippen LogP contribution in [0.15, 0.2) is 48.5 Å². The molecule has 0 saturated carbocycles. The highest BCUT2D eigenvalue weighted by atomic mass is 16.5. The zero-order valence-corrected chi connectivity index (χ0v) is 14.8. The molecule has 0 N–H and O–H groups in total. The van der Waals surface area contributed by atoms with Crippen molar-refractivity contribution in [2.24, 2.45) is 0 Å². The van der Waals surface area contributed by atoms with Gasteiger partial charge in [0, 0.05) is 0 Å². The van der Waals surface area contributed by atoms with Gasteiger partial charge in [-0.3, -0.25) is 0 Å². The third kappa shape index (κ3) is 3.51. The number of para-hydroxylation sites is 2. The van der Waals surface area contributed by atoms with Gasteiger partial charge in [0.2, 0.25) is 0 Å². The number of hydrogen-bond donors (Lipinski definition) is 0. The molecule has 0 aliphatic rings. The second-order valence-electron chi connectivity index (χ2n) is 5.53. The number of carbonyl (C=O) groups excluding carboxylic acids is 1. The van der Waals surface area contributed by atoms with Crippen LogP contribution in [0, 0.1) is 6.92 Å². The summed E-state index contributed by atoms with van der Waals surface area (Å²) in [7, 11) is 3.17. The van der Waals surface area contributed by atoms with Gasteiger partial charge < -0.3 is 14.2 Å². The van der Waals surface area contributed by atoms with Crippen LogP contribution < -0.4 is 9.47 Å². The minimum atomic E-state index is -0.536. The number of benzene rings is 2. The van der Waals surface area contributed by atoms with Crippen molar-refractivity contribution < 1.29 is 19.0 Å². The second kappa shape index (κ2) is 7.69. The molecule has 134 valence electrons. The van der Waals surface area contributed by atoms with Crippen LogP contribution in [0.3, 0.4) is 0 Å². The smallest absolute Gasteiger partial charge is 0.361 e. The molecule has 0 bridgehead atoms. The van der Waals surface area contributed by atoms with E-state index in [1.54, 1.807) is 25.8 Å². The summed E-state index contributed by atoms with van der Waals surface area (Å²) in [6.45, 7) is 1.88. The third-order valence-electron chi connectivity index (χ3n) is 3.91. The minimum Gasteiger partial charge on any atom is -0.497 e. The molecule has 0 spiro atoms. The lowest BCUT2D eigenvalue weighted by molar-refractivity contribution is 0.0464. The highest BCUT2D eigenvalue weighted by molar-refractivity contribution is 5.88. The van der Waals surface area contributed by atoms with E-state index in [0.717, 1.165) is 5.56 Å². The molecule has 0 saturated heterocycles. The van der Waals surface area contributed by atoms with Crippen LogP contribution in [0.4, 0.5) is 0 Å². The molecule has 26 heavy (non-hydrogen) atoms. The van der Waals surface area contributed by atoms with E-state index >= 15 is 0 Å². The fraction of sp³-hybridized carbons (Fsp3) is 0.211. The van der Waals surface area contributed by atoms with Crippen molar-refractivity contribution in [3.8, 4) is 17.2 Å². The molecule has 0 aliphatic heterocycles. The van der Waals surface area contributed by atoms with Crippen molar-refractivity contribution in [1.29, 1.82) is 0 Å². The molecule has 0 radical (unpaired) electrons. The molecule has 0 atom stereocenters. The molecule has 7 nitrogen and oxygen atoms in total. The van der Waals surface area contributed by atoms with Crippen LogP contribution in [0.25, 0.3) is 5.69 Å². The normalized spacial score (nSPS) is 10.4. The van der Waals surface area contributed by atoms with Gasteiger partial charge in [-0.1, -0.05) is 29.5 Å². The van der Waals surface area contributed by atoms with Crippen molar-refractivity contribution in [3.05, 3.63) is 65.5 Å². The maximum absolute atomic E-state index is 12.4. The average molecular weight is 353 g/mol. The minimum absolute atomic E-state index is 0.122. The summed E-state index contributed by atoms with van der Waals surface area (Å²) in [4.78, 5) is 12.4. The summed E-state index contributed by atoms with van der Waals surface area (Å²) < 4.78 is 17.4. The number of esters is 1. The Hall–Kier alpha value is -3.35. The van der Waals surface area contributed by atoms with Crippen molar-refractivity contribution >= 4 is 5.97 Å². The van der Waals surface area contributed by atoms with Crippen molar-refractivity contribution in [2.45, 2.75) is 13.5 Å². The summed E-state index contributed by atoms with van der Waals surface area (Å²) in [5.74, 6) is 0.806. The van der Waals surface area contributed by atoms with Crippen LogP contribution in [-0.2, 0) is 11.3 Å². The molecule has 7 heteroatoms. The molecule has 0 aliphatic carbocycles. The summed E-state index contributed by atoms with van der Waals surface area (Å²) in [6, 6.07) is 14.7. The Morgan fingerprint density at radius 1 is 1.08 bits per heavy atom. The Morgan fingerprint density at radius 3 is 2.65 bits per heavy atom. The first-order chi connectivity index (χ1) is 12.6. The Balaban J connectivity index is 1.77. The molecule has 1 heterocycles. The van der Waals surface area contributed by atoms with Gasteiger partial charge in [0.15, 0.2) is 5.69 Å². The molecule has 0 unspecified atom stereocenters. The van der Waals surface area contributed by atoms with Gasteiger partial charge in [-0.2, -0.15) is 0 Å². The highest BCUT2D eigenvalue weighted by Gasteiger charge is 2.20. The summed E-state index contributed by atoms with van der Waals surface area (Å²) >= 11 is 0. The van der Waals surface area contributed by atoms with E-state index in [4.69, 9.17) is 14.2 Å². The highest BCUT2D eigenvalue weighted by Crippen LogP contribution is 2.23. The number of rotatable bonds is 6. The SMILES string of the molecule is COc1cccc(COC(=O)c2nnn(-c3ccccc3OC)c2C)c1. The lowest BCUT2D eigenvalue weighted by atomic mass is 10.2. The van der Waals surface area contributed by atoms with E-state index in [1.165, 1.54) is 0 Å². The fourth-order valence-corrected chi connectivity index (χ4v) is 2.53. The molecular weight excluding hydrogens is 334 g/mol. The first kappa shape index (κ1) is 17.5. The van der Waals surface area contributed by atoms with Gasteiger partial charge in [-0.05, 0) is 36.8 Å². The van der Waals surface area contributed by atoms with Crippen LogP contribution in [0.1, 0.15) is 21.7 Å². The molecule has 1 aromatic heterocycles. The standard InChI is InChI=1S/C19H19N3O4/c1-13-18(19(23)26-12-14-7-6-8-15(11-14)24-2)20-21-22(13)16-9-4-5-10-17(16)25-3/h4-11H,12H2,1-3H3. The first-order valence-electron chi connectivity index (χ1n) is 7.99. The topological polar surface area (TPSA) is 75.5 Å². The van der Waals surface area contributed by atoms with Gasteiger partial charge in [0.25, 0.3) is 0 Å². The number of ether oxygens (including phenoxy) is 3. The van der Waals surface area contributed by atoms with E-state index in [0.29, 0.717) is 22.9 Å². The van der Waals surface area contributed by atoms with E-state index in [2.05, 4.69) is 10.3 Å². The zero-order valence-electron chi connectivity index (χ0n) is 14.8. The predicted octanol–water partition coefficient (Wildman–Crippen LogP) is 2.95. The lowest BCUT2D eigenvalue weighted by Crippen LogP contribution is -2.08. The summed E-state index contributed by atoms with van der Waals surface area (Å²) in [5, 5.41) is 8.04. The van der Waals surface area contributed by atoms with Gasteiger partial charge in [0.1, 0.15) is 23.8 Å². The average Bonchev–Trinajstić information content (AvgIpc) is 3.07. The molecule has 0 fully saturated rings. The molecule has 3 rings (SSSR count). The third-order valence-corrected chi connectivity index (χ3v) is 3.91. The maximum Gasteiger partial charge on any atom is 0.361 e. The summed E-state index contributed by atoms with van der Waals surface area (Å²) in [6.07, 6.45) is 0. The van der Waals surface area contributed by atoms with Crippen molar-refractivity contribution in [3.63, 3.8) is 0 Å². The number of nitrogens with zero attached hydrogens (tertiary/aromatic N) is 3. The Kier molecular flexibility index (Phi) is 5.17. The van der Waals surface area contributed by atoms with E-state index in [-0.39, 0.29) is 12.3 Å². The largest absolute Gasteiger partial charge is 0.497 e. The molecular formula is C19H19N3O4. The van der Waals surface area contributed by atoms with Crippen LogP contribution in [0.5, 0.6) is 11.5 Å². The second-order valence-corrected chi connectivity index (χ2v) is 5.53. The maximum atomic E-state index is 12.4. The zero-order chi connectivity index (χ0) is 18.5. The van der Waals surface area contributed by atoms with E-state index in [1.807, 2.05) is 48.5 Å². The van der Waals surface area contributed by atoms with Gasteiger partial charge in [-0.15, -0.1) is 5.10 Å². The van der Waals surface area contributed by atoms with Crippen LogP contribution in [-0.4, -0.2) is 35.2 Å². The molecule has 3 aromatic rings. The number of methoxy groups -OCH3 is 2. The number of hydrogen-bond acceptors (Lipinski definition) is 6. The molecule has 0 amide bonds. The van der Waals surface area contributed by atoms with Crippen molar-refractivity contribution in [2.75, 3.05) is 14.2 Å². The van der Waals surface area contributed by atoms with Gasteiger partial charge in [0.05, 0.1) is 19.9 Å².